The molecule has 4 heteroatoms. The Morgan fingerprint density at radius 2 is 2.30 bits per heavy atom. The summed E-state index contributed by atoms with van der Waals surface area (Å²) >= 11 is 0. The normalized spacial score (nSPS) is 13.0. The van der Waals surface area contributed by atoms with E-state index in [1.807, 2.05) is 6.92 Å². The summed E-state index contributed by atoms with van der Waals surface area (Å²) in [5.74, 6) is -1.00. The zero-order valence-electron chi connectivity index (χ0n) is 6.00. The van der Waals surface area contributed by atoms with Crippen molar-refractivity contribution < 1.29 is 15.0 Å². The lowest BCUT2D eigenvalue weighted by atomic mass is 10.3. The molecule has 0 bridgehead atoms. The molecule has 0 aliphatic heterocycles. The van der Waals surface area contributed by atoms with Gasteiger partial charge in [0.1, 0.15) is 6.04 Å². The second-order valence-corrected chi connectivity index (χ2v) is 2.03. The SMILES string of the molecule is CCCN[C@@H](CO)C(=O)O. The van der Waals surface area contributed by atoms with Gasteiger partial charge in [-0.3, -0.25) is 4.79 Å². The number of carboxylic acids is 1. The summed E-state index contributed by atoms with van der Waals surface area (Å²) < 4.78 is 0. The van der Waals surface area contributed by atoms with Crippen molar-refractivity contribution in [2.75, 3.05) is 13.2 Å². The van der Waals surface area contributed by atoms with E-state index in [2.05, 4.69) is 5.32 Å². The van der Waals surface area contributed by atoms with Crippen LogP contribution in [0.5, 0.6) is 0 Å². The van der Waals surface area contributed by atoms with Gasteiger partial charge in [-0.2, -0.15) is 0 Å². The Labute approximate surface area is 59.9 Å². The monoisotopic (exact) mass is 147 g/mol. The van der Waals surface area contributed by atoms with Gasteiger partial charge in [-0.25, -0.2) is 0 Å². The van der Waals surface area contributed by atoms with Crippen LogP contribution < -0.4 is 5.32 Å². The lowest BCUT2D eigenvalue weighted by molar-refractivity contribution is -0.140. The molecule has 0 aliphatic rings. The van der Waals surface area contributed by atoms with Crippen LogP contribution >= 0.6 is 0 Å². The molecular weight excluding hydrogens is 134 g/mol. The van der Waals surface area contributed by atoms with E-state index in [4.69, 9.17) is 10.2 Å². The standard InChI is InChI=1S/C6H13NO3/c1-2-3-7-5(4-8)6(9)10/h5,7-8H,2-4H2,1H3,(H,9,10)/t5-/m0/s1. The quantitative estimate of drug-likeness (QED) is 0.487. The first-order valence-corrected chi connectivity index (χ1v) is 3.29. The number of aliphatic hydroxyl groups excluding tert-OH is 1. The van der Waals surface area contributed by atoms with E-state index in [0.717, 1.165) is 6.42 Å². The largest absolute Gasteiger partial charge is 0.480 e. The van der Waals surface area contributed by atoms with Crippen LogP contribution in [0, 0.1) is 0 Å². The first kappa shape index (κ1) is 9.39. The molecule has 0 saturated heterocycles. The Hall–Kier alpha value is -0.610. The van der Waals surface area contributed by atoms with Crippen LogP contribution in [0.4, 0.5) is 0 Å². The number of nitrogens with one attached hydrogen (secondary N) is 1. The number of aliphatic hydroxyl groups is 1. The van der Waals surface area contributed by atoms with Gasteiger partial charge in [-0.15, -0.1) is 0 Å². The highest BCUT2D eigenvalue weighted by atomic mass is 16.4. The fourth-order valence-electron chi connectivity index (χ4n) is 0.549. The molecule has 0 unspecified atom stereocenters. The molecule has 0 spiro atoms. The summed E-state index contributed by atoms with van der Waals surface area (Å²) in [4.78, 5) is 10.2. The summed E-state index contributed by atoms with van der Waals surface area (Å²) in [5, 5.41) is 19.5. The predicted molar refractivity (Wildman–Crippen MR) is 36.8 cm³/mol. The number of carboxylic acid groups (broad SMARTS) is 1. The fraction of sp³-hybridized carbons (Fsp3) is 0.833. The molecule has 3 N–H and O–H groups in total. The van der Waals surface area contributed by atoms with Gasteiger partial charge in [0, 0.05) is 0 Å². The van der Waals surface area contributed by atoms with Crippen molar-refractivity contribution in [3.05, 3.63) is 0 Å². The molecule has 0 aliphatic carbocycles. The van der Waals surface area contributed by atoms with Crippen LogP contribution in [0.3, 0.4) is 0 Å². The van der Waals surface area contributed by atoms with Gasteiger partial charge in [0.15, 0.2) is 0 Å². The van der Waals surface area contributed by atoms with Gasteiger partial charge in [0.05, 0.1) is 6.61 Å². The average molecular weight is 147 g/mol. The van der Waals surface area contributed by atoms with Gasteiger partial charge in [-0.05, 0) is 13.0 Å². The molecule has 0 radical (unpaired) electrons. The second-order valence-electron chi connectivity index (χ2n) is 2.03. The van der Waals surface area contributed by atoms with Crippen LogP contribution in [0.15, 0.2) is 0 Å². The maximum atomic E-state index is 10.2. The summed E-state index contributed by atoms with van der Waals surface area (Å²) in [6.07, 6.45) is 0.865. The van der Waals surface area contributed by atoms with Crippen LogP contribution in [0.2, 0.25) is 0 Å². The van der Waals surface area contributed by atoms with Crippen molar-refractivity contribution in [2.45, 2.75) is 19.4 Å². The summed E-state index contributed by atoms with van der Waals surface area (Å²) in [5.41, 5.74) is 0. The minimum atomic E-state index is -1.00. The maximum absolute atomic E-state index is 10.2. The molecular formula is C6H13NO3. The fourth-order valence-corrected chi connectivity index (χ4v) is 0.549. The smallest absolute Gasteiger partial charge is 0.323 e. The van der Waals surface area contributed by atoms with Gasteiger partial charge in [-0.1, -0.05) is 6.92 Å². The van der Waals surface area contributed by atoms with Crippen molar-refractivity contribution >= 4 is 5.97 Å². The lowest BCUT2D eigenvalue weighted by Crippen LogP contribution is -2.39. The van der Waals surface area contributed by atoms with E-state index < -0.39 is 12.0 Å². The van der Waals surface area contributed by atoms with E-state index in [0.29, 0.717) is 6.54 Å². The van der Waals surface area contributed by atoms with Crippen molar-refractivity contribution in [1.29, 1.82) is 0 Å². The van der Waals surface area contributed by atoms with E-state index in [1.165, 1.54) is 0 Å². The van der Waals surface area contributed by atoms with Crippen molar-refractivity contribution in [2.24, 2.45) is 0 Å². The number of hydrogen-bond donors (Lipinski definition) is 3. The number of aliphatic carboxylic acids is 1. The van der Waals surface area contributed by atoms with Gasteiger partial charge in [0.25, 0.3) is 0 Å². The van der Waals surface area contributed by atoms with E-state index in [9.17, 15) is 4.79 Å². The third-order valence-corrected chi connectivity index (χ3v) is 1.12. The van der Waals surface area contributed by atoms with Gasteiger partial charge < -0.3 is 15.5 Å². The van der Waals surface area contributed by atoms with Crippen LogP contribution in [0.25, 0.3) is 0 Å². The number of rotatable bonds is 5. The summed E-state index contributed by atoms with van der Waals surface area (Å²) in [6, 6.07) is -0.806. The van der Waals surface area contributed by atoms with Crippen LogP contribution in [0.1, 0.15) is 13.3 Å². The van der Waals surface area contributed by atoms with Crippen molar-refractivity contribution in [3.8, 4) is 0 Å². The lowest BCUT2D eigenvalue weighted by Gasteiger charge is -2.09. The molecule has 0 aromatic carbocycles. The molecule has 0 fully saturated rings. The molecule has 0 saturated carbocycles. The minimum absolute atomic E-state index is 0.352. The zero-order chi connectivity index (χ0) is 7.98. The molecule has 0 aromatic heterocycles. The molecule has 60 valence electrons. The first-order valence-electron chi connectivity index (χ1n) is 3.29. The van der Waals surface area contributed by atoms with E-state index in [1.54, 1.807) is 0 Å². The topological polar surface area (TPSA) is 69.6 Å². The molecule has 4 nitrogen and oxygen atoms in total. The van der Waals surface area contributed by atoms with Gasteiger partial charge >= 0.3 is 5.97 Å². The summed E-state index contributed by atoms with van der Waals surface area (Å²) in [6.45, 7) is 2.20. The Kier molecular flexibility index (Phi) is 4.88. The highest BCUT2D eigenvalue weighted by Gasteiger charge is 2.13. The summed E-state index contributed by atoms with van der Waals surface area (Å²) in [7, 11) is 0. The third-order valence-electron chi connectivity index (χ3n) is 1.12. The Morgan fingerprint density at radius 1 is 1.70 bits per heavy atom. The Balaban J connectivity index is 3.50. The minimum Gasteiger partial charge on any atom is -0.480 e. The third kappa shape index (κ3) is 3.42. The molecule has 0 aromatic rings. The number of hydrogen-bond acceptors (Lipinski definition) is 3. The Bertz CT molecular complexity index is 105. The van der Waals surface area contributed by atoms with Crippen LogP contribution in [-0.4, -0.2) is 35.4 Å². The highest BCUT2D eigenvalue weighted by molar-refractivity contribution is 5.73. The molecule has 0 heterocycles. The van der Waals surface area contributed by atoms with E-state index >= 15 is 0 Å². The molecule has 0 rings (SSSR count). The zero-order valence-corrected chi connectivity index (χ0v) is 6.00. The maximum Gasteiger partial charge on any atom is 0.323 e. The average Bonchev–Trinajstić information content (AvgIpc) is 1.89. The highest BCUT2D eigenvalue weighted by Crippen LogP contribution is 1.82. The van der Waals surface area contributed by atoms with Crippen LogP contribution in [-0.2, 0) is 4.79 Å². The van der Waals surface area contributed by atoms with Crippen molar-refractivity contribution in [1.82, 2.24) is 5.32 Å². The Morgan fingerprint density at radius 3 is 2.60 bits per heavy atom. The van der Waals surface area contributed by atoms with Crippen molar-refractivity contribution in [3.63, 3.8) is 0 Å². The van der Waals surface area contributed by atoms with E-state index in [-0.39, 0.29) is 6.61 Å². The first-order chi connectivity index (χ1) is 4.72. The number of carbonyl (C=O) groups is 1. The van der Waals surface area contributed by atoms with Gasteiger partial charge in [0.2, 0.25) is 0 Å². The predicted octanol–water partition coefficient (Wildman–Crippen LogP) is -0.569. The second kappa shape index (κ2) is 5.20. The molecule has 1 atom stereocenters. The molecule has 10 heavy (non-hydrogen) atoms. The molecule has 0 amide bonds.